The molecule has 0 bridgehead atoms. The first-order chi connectivity index (χ1) is 8.20. The normalized spacial score (nSPS) is 9.71. The minimum atomic E-state index is 0.484. The zero-order valence-corrected chi connectivity index (χ0v) is 9.77. The number of hydrogen-bond acceptors (Lipinski definition) is 3. The van der Waals surface area contributed by atoms with Crippen LogP contribution in [0.2, 0.25) is 0 Å². The Bertz CT molecular complexity index is 585. The standard InChI is InChI=1S/C14H12N2O/c1-10-3-4-13(7-11(10)2)17-14-9-16-6-5-12(14)8-15/h3-7,9H,1-2H3. The molecule has 3 nitrogen and oxygen atoms in total. The maximum atomic E-state index is 8.94. The molecule has 3 heteroatoms. The van der Waals surface area contributed by atoms with Crippen LogP contribution in [0.4, 0.5) is 0 Å². The lowest BCUT2D eigenvalue weighted by Gasteiger charge is -2.08. The first kappa shape index (κ1) is 11.2. The summed E-state index contributed by atoms with van der Waals surface area (Å²) in [7, 11) is 0. The van der Waals surface area contributed by atoms with Gasteiger partial charge in [-0.05, 0) is 43.2 Å². The molecule has 0 N–H and O–H groups in total. The number of hydrogen-bond donors (Lipinski definition) is 0. The minimum Gasteiger partial charge on any atom is -0.454 e. The van der Waals surface area contributed by atoms with Crippen molar-refractivity contribution in [2.75, 3.05) is 0 Å². The van der Waals surface area contributed by atoms with Gasteiger partial charge >= 0.3 is 0 Å². The van der Waals surface area contributed by atoms with Crippen LogP contribution < -0.4 is 4.74 Å². The van der Waals surface area contributed by atoms with Crippen LogP contribution in [-0.2, 0) is 0 Å². The van der Waals surface area contributed by atoms with Crippen molar-refractivity contribution in [3.8, 4) is 17.6 Å². The van der Waals surface area contributed by atoms with Gasteiger partial charge in [-0.25, -0.2) is 0 Å². The van der Waals surface area contributed by atoms with E-state index >= 15 is 0 Å². The number of nitriles is 1. The van der Waals surface area contributed by atoms with Crippen molar-refractivity contribution in [1.29, 1.82) is 5.26 Å². The minimum absolute atomic E-state index is 0.484. The third kappa shape index (κ3) is 2.43. The summed E-state index contributed by atoms with van der Waals surface area (Å²) in [5.74, 6) is 1.20. The summed E-state index contributed by atoms with van der Waals surface area (Å²) in [5, 5.41) is 8.94. The van der Waals surface area contributed by atoms with E-state index in [1.165, 1.54) is 5.56 Å². The van der Waals surface area contributed by atoms with E-state index in [9.17, 15) is 0 Å². The van der Waals surface area contributed by atoms with Crippen molar-refractivity contribution in [1.82, 2.24) is 4.98 Å². The highest BCUT2D eigenvalue weighted by atomic mass is 16.5. The lowest BCUT2D eigenvalue weighted by Crippen LogP contribution is -1.90. The summed E-state index contributed by atoms with van der Waals surface area (Å²) in [6.07, 6.45) is 3.12. The topological polar surface area (TPSA) is 45.9 Å². The highest BCUT2D eigenvalue weighted by Gasteiger charge is 2.04. The van der Waals surface area contributed by atoms with Crippen LogP contribution in [0.5, 0.6) is 11.5 Å². The number of benzene rings is 1. The molecule has 0 fully saturated rings. The summed E-state index contributed by atoms with van der Waals surface area (Å²) < 4.78 is 5.65. The molecule has 0 aliphatic heterocycles. The summed E-state index contributed by atoms with van der Waals surface area (Å²) in [6, 6.07) is 9.54. The molecule has 1 aromatic carbocycles. The summed E-state index contributed by atoms with van der Waals surface area (Å²) in [4.78, 5) is 3.95. The summed E-state index contributed by atoms with van der Waals surface area (Å²) in [5.41, 5.74) is 2.85. The predicted molar refractivity (Wildman–Crippen MR) is 64.9 cm³/mol. The average Bonchev–Trinajstić information content (AvgIpc) is 2.34. The van der Waals surface area contributed by atoms with Gasteiger partial charge < -0.3 is 4.74 Å². The third-order valence-corrected chi connectivity index (χ3v) is 2.61. The largest absolute Gasteiger partial charge is 0.454 e. The molecule has 0 radical (unpaired) electrons. The van der Waals surface area contributed by atoms with Gasteiger partial charge in [-0.3, -0.25) is 4.98 Å². The summed E-state index contributed by atoms with van der Waals surface area (Å²) in [6.45, 7) is 4.07. The maximum absolute atomic E-state index is 8.94. The summed E-state index contributed by atoms with van der Waals surface area (Å²) >= 11 is 0. The Morgan fingerprint density at radius 1 is 1.18 bits per heavy atom. The zero-order chi connectivity index (χ0) is 12.3. The van der Waals surface area contributed by atoms with Gasteiger partial charge in [-0.2, -0.15) is 5.26 Å². The van der Waals surface area contributed by atoms with Crippen LogP contribution >= 0.6 is 0 Å². The second-order valence-electron chi connectivity index (χ2n) is 3.83. The molecular formula is C14H12N2O. The quantitative estimate of drug-likeness (QED) is 0.785. The molecule has 0 amide bonds. The fourth-order valence-electron chi connectivity index (χ4n) is 1.46. The van der Waals surface area contributed by atoms with E-state index < -0.39 is 0 Å². The van der Waals surface area contributed by atoms with E-state index in [1.807, 2.05) is 32.0 Å². The Kier molecular flexibility index (Phi) is 3.06. The average molecular weight is 224 g/mol. The Morgan fingerprint density at radius 3 is 2.71 bits per heavy atom. The van der Waals surface area contributed by atoms with Gasteiger partial charge in [0.05, 0.1) is 11.8 Å². The van der Waals surface area contributed by atoms with Gasteiger partial charge in [-0.1, -0.05) is 6.07 Å². The zero-order valence-electron chi connectivity index (χ0n) is 9.77. The van der Waals surface area contributed by atoms with E-state index in [2.05, 4.69) is 11.1 Å². The molecule has 0 aliphatic carbocycles. The Balaban J connectivity index is 2.32. The Labute approximate surface area is 100 Å². The molecule has 1 aromatic heterocycles. The van der Waals surface area contributed by atoms with Crippen molar-refractivity contribution >= 4 is 0 Å². The molecule has 0 atom stereocenters. The van der Waals surface area contributed by atoms with Gasteiger partial charge in [0.25, 0.3) is 0 Å². The number of ether oxygens (including phenoxy) is 1. The monoisotopic (exact) mass is 224 g/mol. The lowest BCUT2D eigenvalue weighted by atomic mass is 10.1. The van der Waals surface area contributed by atoms with E-state index in [4.69, 9.17) is 10.00 Å². The lowest BCUT2D eigenvalue weighted by molar-refractivity contribution is 0.478. The molecule has 0 saturated heterocycles. The molecule has 1 heterocycles. The van der Waals surface area contributed by atoms with Crippen LogP contribution in [0.1, 0.15) is 16.7 Å². The van der Waals surface area contributed by atoms with Crippen molar-refractivity contribution in [3.05, 3.63) is 53.3 Å². The molecule has 84 valence electrons. The SMILES string of the molecule is Cc1ccc(Oc2cnccc2C#N)cc1C. The van der Waals surface area contributed by atoms with Crippen LogP contribution in [0, 0.1) is 25.2 Å². The predicted octanol–water partition coefficient (Wildman–Crippen LogP) is 3.36. The van der Waals surface area contributed by atoms with E-state index in [-0.39, 0.29) is 0 Å². The maximum Gasteiger partial charge on any atom is 0.163 e. The van der Waals surface area contributed by atoms with E-state index in [0.29, 0.717) is 11.3 Å². The van der Waals surface area contributed by atoms with Crippen LogP contribution in [0.3, 0.4) is 0 Å². The highest BCUT2D eigenvalue weighted by Crippen LogP contribution is 2.25. The molecule has 0 saturated carbocycles. The van der Waals surface area contributed by atoms with Gasteiger partial charge in [0.1, 0.15) is 11.8 Å². The number of rotatable bonds is 2. The van der Waals surface area contributed by atoms with E-state index in [0.717, 1.165) is 11.3 Å². The van der Waals surface area contributed by atoms with Gasteiger partial charge in [0, 0.05) is 6.20 Å². The fourth-order valence-corrected chi connectivity index (χ4v) is 1.46. The van der Waals surface area contributed by atoms with Crippen LogP contribution in [0.15, 0.2) is 36.7 Å². The first-order valence-electron chi connectivity index (χ1n) is 5.30. The first-order valence-corrected chi connectivity index (χ1v) is 5.30. The highest BCUT2D eigenvalue weighted by molar-refractivity contribution is 5.44. The van der Waals surface area contributed by atoms with Gasteiger partial charge in [-0.15, -0.1) is 0 Å². The second kappa shape index (κ2) is 4.67. The molecule has 0 unspecified atom stereocenters. The van der Waals surface area contributed by atoms with E-state index in [1.54, 1.807) is 18.5 Å². The van der Waals surface area contributed by atoms with Crippen molar-refractivity contribution in [3.63, 3.8) is 0 Å². The van der Waals surface area contributed by atoms with Crippen molar-refractivity contribution in [2.24, 2.45) is 0 Å². The second-order valence-corrected chi connectivity index (χ2v) is 3.83. The number of pyridine rings is 1. The Hall–Kier alpha value is -2.34. The molecule has 0 aliphatic rings. The molecular weight excluding hydrogens is 212 g/mol. The molecule has 17 heavy (non-hydrogen) atoms. The van der Waals surface area contributed by atoms with Crippen molar-refractivity contribution < 1.29 is 4.74 Å². The molecule has 0 spiro atoms. The number of nitrogens with zero attached hydrogens (tertiary/aromatic N) is 2. The van der Waals surface area contributed by atoms with Crippen molar-refractivity contribution in [2.45, 2.75) is 13.8 Å². The number of aromatic nitrogens is 1. The number of aryl methyl sites for hydroxylation is 2. The molecule has 2 aromatic rings. The third-order valence-electron chi connectivity index (χ3n) is 2.61. The fraction of sp³-hybridized carbons (Fsp3) is 0.143. The molecule has 2 rings (SSSR count). The van der Waals surface area contributed by atoms with Crippen LogP contribution in [0.25, 0.3) is 0 Å². The smallest absolute Gasteiger partial charge is 0.163 e. The Morgan fingerprint density at radius 2 is 2.00 bits per heavy atom. The van der Waals surface area contributed by atoms with Crippen LogP contribution in [-0.4, -0.2) is 4.98 Å². The van der Waals surface area contributed by atoms with Gasteiger partial charge in [0.15, 0.2) is 5.75 Å². The van der Waals surface area contributed by atoms with Gasteiger partial charge in [0.2, 0.25) is 0 Å².